The molecule has 20 heavy (non-hydrogen) atoms. The van der Waals surface area contributed by atoms with Crippen LogP contribution in [0.15, 0.2) is 29.3 Å². The lowest BCUT2D eigenvalue weighted by Gasteiger charge is -2.27. The molecule has 0 radical (unpaired) electrons. The van der Waals surface area contributed by atoms with Crippen molar-refractivity contribution >= 4 is 5.96 Å². The number of nitrogens with two attached hydrogens (primary N) is 1. The Labute approximate surface area is 120 Å². The third kappa shape index (κ3) is 3.06. The molecule has 1 aromatic carbocycles. The Morgan fingerprint density at radius 1 is 1.30 bits per heavy atom. The molecular formula is C16H23N3O. The van der Waals surface area contributed by atoms with E-state index in [0.29, 0.717) is 24.7 Å². The van der Waals surface area contributed by atoms with E-state index in [1.54, 1.807) is 0 Å². The van der Waals surface area contributed by atoms with Gasteiger partial charge in [0.1, 0.15) is 5.75 Å². The molecule has 2 aliphatic rings. The molecule has 0 bridgehead atoms. The van der Waals surface area contributed by atoms with Gasteiger partial charge in [0.05, 0.1) is 12.6 Å². The Hall–Kier alpha value is -1.71. The van der Waals surface area contributed by atoms with Gasteiger partial charge in [0, 0.05) is 18.7 Å². The standard InChI is InChI=1S/C16H23N3O/c1-19(13-9-10-13)16(17)18-11-12-5-2-3-8-15(12)20-14-6-4-7-14/h2-3,5,8,13-14H,4,6-7,9-11H2,1H3,(H2,17,18). The van der Waals surface area contributed by atoms with Crippen LogP contribution in [0.1, 0.15) is 37.7 Å². The van der Waals surface area contributed by atoms with E-state index in [1.807, 2.05) is 25.2 Å². The van der Waals surface area contributed by atoms with Gasteiger partial charge in [0.25, 0.3) is 0 Å². The molecule has 1 aromatic rings. The van der Waals surface area contributed by atoms with Crippen molar-refractivity contribution in [1.82, 2.24) is 4.90 Å². The van der Waals surface area contributed by atoms with Crippen molar-refractivity contribution in [2.75, 3.05) is 7.05 Å². The molecule has 2 fully saturated rings. The smallest absolute Gasteiger partial charge is 0.191 e. The normalized spacial score (nSPS) is 19.6. The van der Waals surface area contributed by atoms with E-state index >= 15 is 0 Å². The highest BCUT2D eigenvalue weighted by molar-refractivity contribution is 5.78. The van der Waals surface area contributed by atoms with Crippen LogP contribution in [-0.2, 0) is 6.54 Å². The maximum Gasteiger partial charge on any atom is 0.191 e. The number of nitrogens with zero attached hydrogens (tertiary/aromatic N) is 2. The van der Waals surface area contributed by atoms with Crippen LogP contribution in [0, 0.1) is 0 Å². The van der Waals surface area contributed by atoms with Gasteiger partial charge in [-0.3, -0.25) is 0 Å². The minimum absolute atomic E-state index is 0.395. The van der Waals surface area contributed by atoms with E-state index in [0.717, 1.165) is 11.3 Å². The fraction of sp³-hybridized carbons (Fsp3) is 0.562. The maximum absolute atomic E-state index is 6.03. The van der Waals surface area contributed by atoms with Crippen molar-refractivity contribution in [3.05, 3.63) is 29.8 Å². The van der Waals surface area contributed by atoms with Gasteiger partial charge in [0.15, 0.2) is 5.96 Å². The third-order valence-corrected chi connectivity index (χ3v) is 4.19. The highest BCUT2D eigenvalue weighted by Gasteiger charge is 2.27. The molecule has 2 saturated carbocycles. The molecular weight excluding hydrogens is 250 g/mol. The Kier molecular flexibility index (Phi) is 3.81. The molecule has 0 spiro atoms. The summed E-state index contributed by atoms with van der Waals surface area (Å²) in [6.07, 6.45) is 6.48. The van der Waals surface area contributed by atoms with Gasteiger partial charge in [-0.1, -0.05) is 18.2 Å². The lowest BCUT2D eigenvalue weighted by molar-refractivity contribution is 0.119. The number of benzene rings is 1. The Morgan fingerprint density at radius 3 is 2.70 bits per heavy atom. The number of aliphatic imine (C=N–C) groups is 1. The largest absolute Gasteiger partial charge is 0.490 e. The van der Waals surface area contributed by atoms with Crippen molar-refractivity contribution < 1.29 is 4.74 Å². The summed E-state index contributed by atoms with van der Waals surface area (Å²) < 4.78 is 6.01. The summed E-state index contributed by atoms with van der Waals surface area (Å²) >= 11 is 0. The zero-order valence-electron chi connectivity index (χ0n) is 12.1. The number of para-hydroxylation sites is 1. The number of rotatable bonds is 5. The topological polar surface area (TPSA) is 50.8 Å². The first-order chi connectivity index (χ1) is 9.74. The molecule has 0 saturated heterocycles. The Morgan fingerprint density at radius 2 is 2.05 bits per heavy atom. The zero-order valence-corrected chi connectivity index (χ0v) is 12.1. The van der Waals surface area contributed by atoms with E-state index in [4.69, 9.17) is 10.5 Å². The average Bonchev–Trinajstić information content (AvgIpc) is 3.25. The Balaban J connectivity index is 1.65. The van der Waals surface area contributed by atoms with Crippen molar-refractivity contribution in [1.29, 1.82) is 0 Å². The summed E-state index contributed by atoms with van der Waals surface area (Å²) in [5.74, 6) is 1.59. The van der Waals surface area contributed by atoms with Gasteiger partial charge in [-0.25, -0.2) is 4.99 Å². The van der Waals surface area contributed by atoms with Crippen LogP contribution in [0.25, 0.3) is 0 Å². The minimum Gasteiger partial charge on any atom is -0.490 e. The summed E-state index contributed by atoms with van der Waals surface area (Å²) in [4.78, 5) is 6.59. The first-order valence-electron chi connectivity index (χ1n) is 7.51. The van der Waals surface area contributed by atoms with Crippen LogP contribution in [0.5, 0.6) is 5.75 Å². The molecule has 0 atom stereocenters. The highest BCUT2D eigenvalue weighted by Crippen LogP contribution is 2.28. The minimum atomic E-state index is 0.395. The van der Waals surface area contributed by atoms with Crippen LogP contribution in [0.2, 0.25) is 0 Å². The zero-order chi connectivity index (χ0) is 13.9. The van der Waals surface area contributed by atoms with Crippen LogP contribution >= 0.6 is 0 Å². The summed E-state index contributed by atoms with van der Waals surface area (Å²) in [5, 5.41) is 0. The van der Waals surface area contributed by atoms with Crippen LogP contribution in [-0.4, -0.2) is 30.1 Å². The second-order valence-corrected chi connectivity index (χ2v) is 5.79. The average molecular weight is 273 g/mol. The SMILES string of the molecule is CN(C(N)=NCc1ccccc1OC1CCC1)C1CC1. The molecule has 3 rings (SSSR count). The molecule has 4 nitrogen and oxygen atoms in total. The fourth-order valence-corrected chi connectivity index (χ4v) is 2.34. The quantitative estimate of drug-likeness (QED) is 0.662. The fourth-order valence-electron chi connectivity index (χ4n) is 2.34. The molecule has 0 unspecified atom stereocenters. The van der Waals surface area contributed by atoms with E-state index in [-0.39, 0.29) is 0 Å². The second kappa shape index (κ2) is 5.73. The molecule has 4 heteroatoms. The molecule has 108 valence electrons. The summed E-state index contributed by atoms with van der Waals surface area (Å²) in [7, 11) is 2.02. The van der Waals surface area contributed by atoms with Crippen molar-refractivity contribution in [3.8, 4) is 5.75 Å². The summed E-state index contributed by atoms with van der Waals surface area (Å²) in [5.41, 5.74) is 7.15. The van der Waals surface area contributed by atoms with E-state index in [2.05, 4.69) is 16.0 Å². The predicted octanol–water partition coefficient (Wildman–Crippen LogP) is 2.53. The van der Waals surface area contributed by atoms with Crippen molar-refractivity contribution in [3.63, 3.8) is 0 Å². The lowest BCUT2D eigenvalue weighted by Crippen LogP contribution is -2.35. The maximum atomic E-state index is 6.03. The van der Waals surface area contributed by atoms with Gasteiger partial charge in [-0.05, 0) is 38.2 Å². The van der Waals surface area contributed by atoms with E-state index in [9.17, 15) is 0 Å². The molecule has 0 amide bonds. The van der Waals surface area contributed by atoms with Crippen LogP contribution in [0.4, 0.5) is 0 Å². The predicted molar refractivity (Wildman–Crippen MR) is 80.8 cm³/mol. The number of hydrogen-bond donors (Lipinski definition) is 1. The summed E-state index contributed by atoms with van der Waals surface area (Å²) in [6, 6.07) is 8.74. The number of guanidine groups is 1. The van der Waals surface area contributed by atoms with Crippen LogP contribution in [0.3, 0.4) is 0 Å². The van der Waals surface area contributed by atoms with Gasteiger partial charge >= 0.3 is 0 Å². The first kappa shape index (κ1) is 13.3. The van der Waals surface area contributed by atoms with Gasteiger partial charge in [-0.15, -0.1) is 0 Å². The first-order valence-corrected chi connectivity index (χ1v) is 7.51. The molecule has 0 heterocycles. The van der Waals surface area contributed by atoms with Gasteiger partial charge < -0.3 is 15.4 Å². The molecule has 2 N–H and O–H groups in total. The van der Waals surface area contributed by atoms with Gasteiger partial charge in [-0.2, -0.15) is 0 Å². The number of ether oxygens (including phenoxy) is 1. The lowest BCUT2D eigenvalue weighted by atomic mass is 9.96. The second-order valence-electron chi connectivity index (χ2n) is 5.79. The molecule has 0 aromatic heterocycles. The number of hydrogen-bond acceptors (Lipinski definition) is 2. The molecule has 2 aliphatic carbocycles. The van der Waals surface area contributed by atoms with E-state index in [1.165, 1.54) is 32.1 Å². The van der Waals surface area contributed by atoms with Crippen LogP contribution < -0.4 is 10.5 Å². The highest BCUT2D eigenvalue weighted by atomic mass is 16.5. The van der Waals surface area contributed by atoms with Crippen molar-refractivity contribution in [2.24, 2.45) is 10.7 Å². The van der Waals surface area contributed by atoms with Crippen molar-refractivity contribution in [2.45, 2.75) is 50.8 Å². The van der Waals surface area contributed by atoms with E-state index < -0.39 is 0 Å². The molecule has 0 aliphatic heterocycles. The monoisotopic (exact) mass is 273 g/mol. The summed E-state index contributed by atoms with van der Waals surface area (Å²) in [6.45, 7) is 0.589. The third-order valence-electron chi connectivity index (χ3n) is 4.19. The Bertz CT molecular complexity index is 492. The van der Waals surface area contributed by atoms with Gasteiger partial charge in [0.2, 0.25) is 0 Å².